The van der Waals surface area contributed by atoms with Gasteiger partial charge in [0, 0.05) is 12.1 Å². The number of hydrogen-bond acceptors (Lipinski definition) is 5. The highest BCUT2D eigenvalue weighted by molar-refractivity contribution is 8.00. The van der Waals surface area contributed by atoms with Gasteiger partial charge in [0.2, 0.25) is 5.91 Å². The van der Waals surface area contributed by atoms with Crippen molar-refractivity contribution in [1.29, 1.82) is 5.26 Å². The molecule has 1 heterocycles. The van der Waals surface area contributed by atoms with Gasteiger partial charge >= 0.3 is 0 Å². The summed E-state index contributed by atoms with van der Waals surface area (Å²) >= 11 is 1.28. The second-order valence-corrected chi connectivity index (χ2v) is 8.52. The second-order valence-electron chi connectivity index (χ2n) is 7.22. The molecule has 0 unspecified atom stereocenters. The van der Waals surface area contributed by atoms with E-state index in [4.69, 9.17) is 0 Å². The monoisotopic (exact) mass is 413 g/mol. The molecule has 8 heteroatoms. The number of allylic oxidation sites excluding steroid dienone is 1. The predicted molar refractivity (Wildman–Crippen MR) is 111 cm³/mol. The number of hydrogen-bond donors (Lipinski definition) is 1. The average molecular weight is 414 g/mol. The molecule has 0 radical (unpaired) electrons. The number of benzene rings is 1. The first-order valence-electron chi connectivity index (χ1n) is 9.68. The third kappa shape index (κ3) is 4.85. The van der Waals surface area contributed by atoms with Gasteiger partial charge in [0.05, 0.1) is 11.3 Å². The number of carbonyl (C=O) groups excluding carboxylic acids is 1. The largest absolute Gasteiger partial charge is 0.337 e. The van der Waals surface area contributed by atoms with Crippen molar-refractivity contribution in [2.24, 2.45) is 0 Å². The number of rotatable bonds is 7. The molecule has 6 nitrogen and oxygen atoms in total. The van der Waals surface area contributed by atoms with Gasteiger partial charge in [-0.3, -0.25) is 9.36 Å². The summed E-state index contributed by atoms with van der Waals surface area (Å²) in [5.74, 6) is 0.0771. The summed E-state index contributed by atoms with van der Waals surface area (Å²) in [6.07, 6.45) is 6.09. The van der Waals surface area contributed by atoms with Gasteiger partial charge in [-0.25, -0.2) is 4.39 Å². The number of nitriles is 1. The Balaban J connectivity index is 1.76. The van der Waals surface area contributed by atoms with E-state index in [2.05, 4.69) is 28.2 Å². The van der Waals surface area contributed by atoms with Gasteiger partial charge < -0.3 is 5.32 Å². The van der Waals surface area contributed by atoms with Crippen LogP contribution in [-0.2, 0) is 11.3 Å². The van der Waals surface area contributed by atoms with Gasteiger partial charge in [-0.1, -0.05) is 37.1 Å². The van der Waals surface area contributed by atoms with Crippen LogP contribution in [0, 0.1) is 17.1 Å². The van der Waals surface area contributed by atoms with Crippen molar-refractivity contribution < 1.29 is 9.18 Å². The zero-order valence-electron chi connectivity index (χ0n) is 16.4. The van der Waals surface area contributed by atoms with Gasteiger partial charge in [-0.15, -0.1) is 16.8 Å². The fourth-order valence-corrected chi connectivity index (χ4v) is 4.31. The smallest absolute Gasteiger partial charge is 0.234 e. The lowest BCUT2D eigenvalue weighted by Gasteiger charge is -2.32. The van der Waals surface area contributed by atoms with Crippen LogP contribution in [-0.4, -0.2) is 31.5 Å². The Labute approximate surface area is 174 Å². The van der Waals surface area contributed by atoms with Crippen molar-refractivity contribution in [3.63, 3.8) is 0 Å². The molecule has 1 amide bonds. The molecule has 1 saturated carbocycles. The normalized spacial score (nSPS) is 16.6. The number of thioether (sulfide) groups is 1. The molecule has 1 fully saturated rings. The topological polar surface area (TPSA) is 83.6 Å². The van der Waals surface area contributed by atoms with Crippen molar-refractivity contribution in [2.75, 3.05) is 0 Å². The van der Waals surface area contributed by atoms with E-state index in [1.807, 2.05) is 4.57 Å². The Morgan fingerprint density at radius 2 is 2.07 bits per heavy atom. The molecule has 0 saturated heterocycles. The molecule has 29 heavy (non-hydrogen) atoms. The Bertz CT molecular complexity index is 912. The van der Waals surface area contributed by atoms with E-state index < -0.39 is 10.8 Å². The van der Waals surface area contributed by atoms with E-state index in [9.17, 15) is 14.4 Å². The third-order valence-electron chi connectivity index (χ3n) is 5.07. The van der Waals surface area contributed by atoms with Crippen molar-refractivity contribution in [3.8, 4) is 17.5 Å². The predicted octanol–water partition coefficient (Wildman–Crippen LogP) is 4.09. The first kappa shape index (κ1) is 21.1. The van der Waals surface area contributed by atoms with Crippen LogP contribution in [0.5, 0.6) is 0 Å². The zero-order valence-corrected chi connectivity index (χ0v) is 17.2. The molecular weight excluding hydrogens is 389 g/mol. The van der Waals surface area contributed by atoms with Crippen LogP contribution in [0.4, 0.5) is 4.39 Å². The van der Waals surface area contributed by atoms with Crippen LogP contribution in [0.15, 0.2) is 42.1 Å². The van der Waals surface area contributed by atoms with Gasteiger partial charge in [0.1, 0.15) is 11.4 Å². The van der Waals surface area contributed by atoms with Crippen LogP contribution in [0.1, 0.15) is 39.0 Å². The standard InChI is InChI=1S/C21H24FN5OS/c1-3-13-27-18(16-7-9-17(22)10-8-16)25-26-20(27)29-15(2)19(28)24-21(14-23)11-5-4-6-12-21/h3,7-10,15H,1,4-6,11-13H2,2H3,(H,24,28)/t15-/m1/s1. The van der Waals surface area contributed by atoms with E-state index in [1.165, 1.54) is 23.9 Å². The molecule has 1 N–H and O–H groups in total. The first-order chi connectivity index (χ1) is 14.0. The Morgan fingerprint density at radius 1 is 1.38 bits per heavy atom. The number of nitrogens with zero attached hydrogens (tertiary/aromatic N) is 4. The Hall–Kier alpha value is -2.66. The van der Waals surface area contributed by atoms with Crippen LogP contribution < -0.4 is 5.32 Å². The maximum Gasteiger partial charge on any atom is 0.234 e. The van der Waals surface area contributed by atoms with Crippen LogP contribution in [0.3, 0.4) is 0 Å². The minimum atomic E-state index is -0.766. The molecule has 1 atom stereocenters. The number of carbonyl (C=O) groups is 1. The van der Waals surface area contributed by atoms with Gasteiger partial charge in [-0.2, -0.15) is 5.26 Å². The highest BCUT2D eigenvalue weighted by Crippen LogP contribution is 2.30. The number of halogens is 1. The minimum Gasteiger partial charge on any atom is -0.337 e. The molecule has 1 aliphatic carbocycles. The lowest BCUT2D eigenvalue weighted by Crippen LogP contribution is -2.51. The van der Waals surface area contributed by atoms with E-state index in [-0.39, 0.29) is 11.7 Å². The van der Waals surface area contributed by atoms with Gasteiger partial charge in [0.15, 0.2) is 11.0 Å². The third-order valence-corrected chi connectivity index (χ3v) is 6.15. The van der Waals surface area contributed by atoms with Crippen LogP contribution >= 0.6 is 11.8 Å². The average Bonchev–Trinajstić information content (AvgIpc) is 3.12. The number of nitrogens with one attached hydrogen (secondary N) is 1. The molecule has 0 bridgehead atoms. The van der Waals surface area contributed by atoms with E-state index in [0.29, 0.717) is 30.4 Å². The molecule has 1 aromatic heterocycles. The lowest BCUT2D eigenvalue weighted by molar-refractivity contribution is -0.121. The Morgan fingerprint density at radius 3 is 2.69 bits per heavy atom. The Kier molecular flexibility index (Phi) is 6.70. The molecule has 0 aliphatic heterocycles. The van der Waals surface area contributed by atoms with Crippen molar-refractivity contribution >= 4 is 17.7 Å². The van der Waals surface area contributed by atoms with Gasteiger partial charge in [-0.05, 0) is 44.0 Å². The molecule has 1 aliphatic rings. The molecular formula is C21H24FN5OS. The summed E-state index contributed by atoms with van der Waals surface area (Å²) in [5, 5.41) is 21.1. The fraction of sp³-hybridized carbons (Fsp3) is 0.429. The first-order valence-corrected chi connectivity index (χ1v) is 10.6. The van der Waals surface area contributed by atoms with Crippen molar-refractivity contribution in [3.05, 3.63) is 42.7 Å². The second kappa shape index (κ2) is 9.23. The summed E-state index contributed by atoms with van der Waals surface area (Å²) in [5.41, 5.74) is -0.0339. The maximum atomic E-state index is 13.2. The lowest BCUT2D eigenvalue weighted by atomic mass is 9.83. The zero-order chi connectivity index (χ0) is 20.9. The summed E-state index contributed by atoms with van der Waals surface area (Å²) in [6.45, 7) is 6.02. The minimum absolute atomic E-state index is 0.185. The van der Waals surface area contributed by atoms with Crippen LogP contribution in [0.2, 0.25) is 0 Å². The summed E-state index contributed by atoms with van der Waals surface area (Å²) in [7, 11) is 0. The molecule has 0 spiro atoms. The van der Waals surface area contributed by atoms with Crippen molar-refractivity contribution in [1.82, 2.24) is 20.1 Å². The van der Waals surface area contributed by atoms with Crippen LogP contribution in [0.25, 0.3) is 11.4 Å². The SMILES string of the molecule is C=CCn1c(S[C@H](C)C(=O)NC2(C#N)CCCCC2)nnc1-c1ccc(F)cc1. The molecule has 2 aromatic rings. The molecule has 3 rings (SSSR count). The number of amides is 1. The number of aromatic nitrogens is 3. The molecule has 152 valence electrons. The van der Waals surface area contributed by atoms with E-state index >= 15 is 0 Å². The quantitative estimate of drug-likeness (QED) is 0.546. The fourth-order valence-electron chi connectivity index (χ4n) is 3.45. The maximum absolute atomic E-state index is 13.2. The summed E-state index contributed by atoms with van der Waals surface area (Å²) in [4.78, 5) is 12.8. The van der Waals surface area contributed by atoms with Gasteiger partial charge in [0.25, 0.3) is 0 Å². The van der Waals surface area contributed by atoms with E-state index in [0.717, 1.165) is 24.8 Å². The van der Waals surface area contributed by atoms with E-state index in [1.54, 1.807) is 25.1 Å². The molecule has 1 aromatic carbocycles. The highest BCUT2D eigenvalue weighted by atomic mass is 32.2. The summed E-state index contributed by atoms with van der Waals surface area (Å²) < 4.78 is 15.1. The highest BCUT2D eigenvalue weighted by Gasteiger charge is 2.35. The summed E-state index contributed by atoms with van der Waals surface area (Å²) in [6, 6.07) is 8.34. The van der Waals surface area contributed by atoms with Crippen molar-refractivity contribution in [2.45, 2.75) is 61.5 Å².